The Morgan fingerprint density at radius 2 is 1.70 bits per heavy atom. The van der Waals surface area contributed by atoms with Gasteiger partial charge in [-0.3, -0.25) is 9.36 Å². The van der Waals surface area contributed by atoms with Gasteiger partial charge in [-0.25, -0.2) is 8.78 Å². The highest BCUT2D eigenvalue weighted by atomic mass is 19.1. The standard InChI is InChI=1S/C22H22F2N2O/c1-22(2,3)20(13-4-6-14(23)7-5-13)21(27)26-18-9-8-15(24)10-16(18)17-11-25-12-19(17)26/h4-10,20,25H,11-12H2,1-3H3. The van der Waals surface area contributed by atoms with Gasteiger partial charge in [0.05, 0.1) is 11.4 Å². The maximum absolute atomic E-state index is 13.8. The van der Waals surface area contributed by atoms with Crippen molar-refractivity contribution in [3.05, 3.63) is 70.9 Å². The van der Waals surface area contributed by atoms with E-state index in [9.17, 15) is 13.6 Å². The summed E-state index contributed by atoms with van der Waals surface area (Å²) < 4.78 is 29.0. The molecule has 0 saturated carbocycles. The molecule has 0 spiro atoms. The number of nitrogens with zero attached hydrogens (tertiary/aromatic N) is 1. The van der Waals surface area contributed by atoms with Gasteiger partial charge in [-0.05, 0) is 46.9 Å². The molecule has 0 saturated heterocycles. The highest BCUT2D eigenvalue weighted by Gasteiger charge is 2.36. The second-order valence-corrected chi connectivity index (χ2v) is 8.21. The van der Waals surface area contributed by atoms with Crippen LogP contribution in [0, 0.1) is 17.0 Å². The van der Waals surface area contributed by atoms with Crippen LogP contribution in [0.2, 0.25) is 0 Å². The largest absolute Gasteiger partial charge is 0.307 e. The summed E-state index contributed by atoms with van der Waals surface area (Å²) in [6.45, 7) is 7.19. The summed E-state index contributed by atoms with van der Waals surface area (Å²) in [4.78, 5) is 13.7. The van der Waals surface area contributed by atoms with Crippen molar-refractivity contribution in [2.75, 3.05) is 0 Å². The van der Waals surface area contributed by atoms with E-state index in [1.54, 1.807) is 22.8 Å². The average Bonchev–Trinajstić information content (AvgIpc) is 3.16. The summed E-state index contributed by atoms with van der Waals surface area (Å²) >= 11 is 0. The van der Waals surface area contributed by atoms with E-state index >= 15 is 0 Å². The number of rotatable bonds is 2. The molecule has 2 aromatic carbocycles. The number of hydrogen-bond donors (Lipinski definition) is 1. The normalized spacial score (nSPS) is 15.1. The molecular weight excluding hydrogens is 346 g/mol. The van der Waals surface area contributed by atoms with Crippen molar-refractivity contribution in [2.45, 2.75) is 39.8 Å². The topological polar surface area (TPSA) is 34.0 Å². The van der Waals surface area contributed by atoms with Crippen molar-refractivity contribution in [1.29, 1.82) is 0 Å². The van der Waals surface area contributed by atoms with Crippen molar-refractivity contribution < 1.29 is 13.6 Å². The SMILES string of the molecule is CC(C)(C)C(C(=O)n1c2c(c3cc(F)ccc31)CNC2)c1ccc(F)cc1. The molecular formula is C22H22F2N2O. The molecule has 140 valence electrons. The molecule has 3 aromatic rings. The van der Waals surface area contributed by atoms with Gasteiger partial charge >= 0.3 is 0 Å². The highest BCUT2D eigenvalue weighted by molar-refractivity contribution is 5.99. The predicted octanol–water partition coefficient (Wildman–Crippen LogP) is 4.99. The van der Waals surface area contributed by atoms with Crippen LogP contribution >= 0.6 is 0 Å². The third-order valence-corrected chi connectivity index (χ3v) is 5.27. The van der Waals surface area contributed by atoms with Crippen LogP contribution in [0.25, 0.3) is 10.9 Å². The van der Waals surface area contributed by atoms with Gasteiger partial charge in [0, 0.05) is 24.2 Å². The van der Waals surface area contributed by atoms with Gasteiger partial charge in [0.25, 0.3) is 0 Å². The quantitative estimate of drug-likeness (QED) is 0.691. The molecule has 4 rings (SSSR count). The van der Waals surface area contributed by atoms with E-state index in [0.29, 0.717) is 13.1 Å². The van der Waals surface area contributed by atoms with Gasteiger partial charge in [-0.2, -0.15) is 0 Å². The van der Waals surface area contributed by atoms with Gasteiger partial charge < -0.3 is 5.32 Å². The Morgan fingerprint density at radius 3 is 2.37 bits per heavy atom. The smallest absolute Gasteiger partial charge is 0.239 e. The monoisotopic (exact) mass is 368 g/mol. The summed E-state index contributed by atoms with van der Waals surface area (Å²) in [5, 5.41) is 4.03. The molecule has 0 fully saturated rings. The minimum absolute atomic E-state index is 0.0735. The number of nitrogens with one attached hydrogen (secondary N) is 1. The number of halogens is 2. The minimum Gasteiger partial charge on any atom is -0.307 e. The molecule has 1 aliphatic heterocycles. The van der Waals surface area contributed by atoms with Gasteiger partial charge in [0.2, 0.25) is 5.91 Å². The first-order chi connectivity index (χ1) is 12.8. The number of fused-ring (bicyclic) bond motifs is 3. The zero-order valence-electron chi connectivity index (χ0n) is 15.6. The third kappa shape index (κ3) is 2.96. The second-order valence-electron chi connectivity index (χ2n) is 8.21. The lowest BCUT2D eigenvalue weighted by molar-refractivity contribution is 0.0813. The molecule has 27 heavy (non-hydrogen) atoms. The number of aromatic nitrogens is 1. The fourth-order valence-corrected chi connectivity index (χ4v) is 4.12. The molecule has 0 aliphatic carbocycles. The first kappa shape index (κ1) is 17.9. The van der Waals surface area contributed by atoms with Crippen LogP contribution in [0.4, 0.5) is 8.78 Å². The molecule has 2 heterocycles. The fourth-order valence-electron chi connectivity index (χ4n) is 4.12. The van der Waals surface area contributed by atoms with E-state index in [-0.39, 0.29) is 23.0 Å². The summed E-state index contributed by atoms with van der Waals surface area (Å²) in [7, 11) is 0. The van der Waals surface area contributed by atoms with E-state index in [2.05, 4.69) is 5.32 Å². The van der Waals surface area contributed by atoms with Crippen LogP contribution in [0.15, 0.2) is 42.5 Å². The first-order valence-electron chi connectivity index (χ1n) is 9.09. The van der Waals surface area contributed by atoms with Crippen LogP contribution in [0.5, 0.6) is 0 Å². The van der Waals surface area contributed by atoms with Crippen LogP contribution in [-0.2, 0) is 13.1 Å². The lowest BCUT2D eigenvalue weighted by Gasteiger charge is -2.30. The average molecular weight is 368 g/mol. The van der Waals surface area contributed by atoms with Crippen LogP contribution in [-0.4, -0.2) is 10.5 Å². The lowest BCUT2D eigenvalue weighted by atomic mass is 9.75. The zero-order chi connectivity index (χ0) is 19.3. The number of hydrogen-bond acceptors (Lipinski definition) is 2. The van der Waals surface area contributed by atoms with E-state index in [1.165, 1.54) is 24.3 Å². The summed E-state index contributed by atoms with van der Waals surface area (Å²) in [5.74, 6) is -1.17. The van der Waals surface area contributed by atoms with Crippen LogP contribution in [0.3, 0.4) is 0 Å². The zero-order valence-corrected chi connectivity index (χ0v) is 15.6. The molecule has 1 atom stereocenters. The molecule has 1 N–H and O–H groups in total. The lowest BCUT2D eigenvalue weighted by Crippen LogP contribution is -2.31. The highest BCUT2D eigenvalue weighted by Crippen LogP contribution is 2.39. The minimum atomic E-state index is -0.455. The summed E-state index contributed by atoms with van der Waals surface area (Å²) in [5.41, 5.74) is 2.99. The van der Waals surface area contributed by atoms with Crippen LogP contribution < -0.4 is 5.32 Å². The maximum Gasteiger partial charge on any atom is 0.239 e. The first-order valence-corrected chi connectivity index (χ1v) is 9.09. The molecule has 1 aromatic heterocycles. The van der Waals surface area contributed by atoms with Crippen molar-refractivity contribution in [3.63, 3.8) is 0 Å². The number of benzene rings is 2. The summed E-state index contributed by atoms with van der Waals surface area (Å²) in [6.07, 6.45) is 0. The van der Waals surface area contributed by atoms with Crippen molar-refractivity contribution in [3.8, 4) is 0 Å². The van der Waals surface area contributed by atoms with Gasteiger partial charge in [0.1, 0.15) is 11.6 Å². The molecule has 3 nitrogen and oxygen atoms in total. The third-order valence-electron chi connectivity index (χ3n) is 5.27. The Balaban J connectivity index is 1.91. The van der Waals surface area contributed by atoms with Crippen LogP contribution in [0.1, 0.15) is 48.3 Å². The molecule has 0 bridgehead atoms. The van der Waals surface area contributed by atoms with Crippen molar-refractivity contribution in [2.24, 2.45) is 5.41 Å². The van der Waals surface area contributed by atoms with Gasteiger partial charge in [-0.15, -0.1) is 0 Å². The fraction of sp³-hybridized carbons (Fsp3) is 0.318. The summed E-state index contributed by atoms with van der Waals surface area (Å²) in [6, 6.07) is 10.7. The Morgan fingerprint density at radius 1 is 1.04 bits per heavy atom. The molecule has 0 radical (unpaired) electrons. The Bertz CT molecular complexity index is 1030. The Labute approximate surface area is 157 Å². The molecule has 0 amide bonds. The second kappa shape index (κ2) is 6.27. The van der Waals surface area contributed by atoms with E-state index in [0.717, 1.165) is 27.7 Å². The molecule has 5 heteroatoms. The molecule has 1 aliphatic rings. The van der Waals surface area contributed by atoms with Gasteiger partial charge in [-0.1, -0.05) is 32.9 Å². The number of carbonyl (C=O) groups excluding carboxylic acids is 1. The number of carbonyl (C=O) groups is 1. The predicted molar refractivity (Wildman–Crippen MR) is 102 cm³/mol. The Hall–Kier alpha value is -2.53. The van der Waals surface area contributed by atoms with Crippen molar-refractivity contribution >= 4 is 16.8 Å². The van der Waals surface area contributed by atoms with E-state index < -0.39 is 5.92 Å². The molecule has 1 unspecified atom stereocenters. The Kier molecular flexibility index (Phi) is 4.15. The van der Waals surface area contributed by atoms with E-state index in [4.69, 9.17) is 0 Å². The van der Waals surface area contributed by atoms with E-state index in [1.807, 2.05) is 20.8 Å². The maximum atomic E-state index is 13.8. The van der Waals surface area contributed by atoms with Crippen molar-refractivity contribution in [1.82, 2.24) is 9.88 Å². The van der Waals surface area contributed by atoms with Gasteiger partial charge in [0.15, 0.2) is 0 Å².